The van der Waals surface area contributed by atoms with Crippen molar-refractivity contribution >= 4 is 23.4 Å². The highest BCUT2D eigenvalue weighted by atomic mass is 35.5. The number of hydrogen-bond acceptors (Lipinski definition) is 6. The molecule has 1 aromatic rings. The van der Waals surface area contributed by atoms with Gasteiger partial charge in [0.1, 0.15) is 11.0 Å². The first-order valence-electron chi connectivity index (χ1n) is 4.47. The lowest BCUT2D eigenvalue weighted by atomic mass is 10.3. The van der Waals surface area contributed by atoms with Crippen molar-refractivity contribution in [2.75, 3.05) is 23.7 Å². The SMILES string of the molecule is Nc1nc(Cl)cc(N2CC(O)C(O)C2)n1. The fraction of sp³-hybridized carbons (Fsp3) is 0.500. The summed E-state index contributed by atoms with van der Waals surface area (Å²) in [7, 11) is 0. The Morgan fingerprint density at radius 2 is 1.93 bits per heavy atom. The maximum atomic E-state index is 9.37. The molecule has 2 unspecified atom stereocenters. The van der Waals surface area contributed by atoms with E-state index in [1.165, 1.54) is 0 Å². The first-order valence-corrected chi connectivity index (χ1v) is 4.85. The van der Waals surface area contributed by atoms with E-state index < -0.39 is 12.2 Å². The van der Waals surface area contributed by atoms with Crippen LogP contribution in [0.25, 0.3) is 0 Å². The Kier molecular flexibility index (Phi) is 2.64. The number of aromatic nitrogens is 2. The van der Waals surface area contributed by atoms with Gasteiger partial charge in [-0.05, 0) is 0 Å². The lowest BCUT2D eigenvalue weighted by Gasteiger charge is -2.16. The van der Waals surface area contributed by atoms with Crippen LogP contribution >= 0.6 is 11.6 Å². The summed E-state index contributed by atoms with van der Waals surface area (Å²) in [6.07, 6.45) is -1.53. The third kappa shape index (κ3) is 2.11. The van der Waals surface area contributed by atoms with Gasteiger partial charge in [0, 0.05) is 19.2 Å². The number of aliphatic hydroxyl groups is 2. The van der Waals surface area contributed by atoms with Crippen LogP contribution in [-0.2, 0) is 0 Å². The monoisotopic (exact) mass is 230 g/mol. The fourth-order valence-corrected chi connectivity index (χ4v) is 1.73. The van der Waals surface area contributed by atoms with Crippen molar-refractivity contribution in [2.24, 2.45) is 0 Å². The zero-order chi connectivity index (χ0) is 11.0. The number of halogens is 1. The van der Waals surface area contributed by atoms with Crippen LogP contribution in [0, 0.1) is 0 Å². The largest absolute Gasteiger partial charge is 0.389 e. The van der Waals surface area contributed by atoms with Crippen LogP contribution in [0.15, 0.2) is 6.07 Å². The third-order valence-electron chi connectivity index (χ3n) is 2.28. The quantitative estimate of drug-likeness (QED) is 0.550. The minimum absolute atomic E-state index is 0.0772. The van der Waals surface area contributed by atoms with Crippen molar-refractivity contribution in [3.8, 4) is 0 Å². The smallest absolute Gasteiger partial charge is 0.223 e. The van der Waals surface area contributed by atoms with E-state index in [1.54, 1.807) is 11.0 Å². The molecule has 1 aliphatic rings. The lowest BCUT2D eigenvalue weighted by molar-refractivity contribution is 0.0572. The summed E-state index contributed by atoms with van der Waals surface area (Å²) >= 11 is 5.72. The Labute approximate surface area is 91.3 Å². The zero-order valence-corrected chi connectivity index (χ0v) is 8.59. The number of β-amino-alcohol motifs (C(OH)–C–C–N with tert-alkyl or cyclic N) is 2. The molecule has 0 radical (unpaired) electrons. The van der Waals surface area contributed by atoms with E-state index in [1.807, 2.05) is 0 Å². The molecular formula is C8H11ClN4O2. The van der Waals surface area contributed by atoms with Crippen molar-refractivity contribution in [3.05, 3.63) is 11.2 Å². The number of rotatable bonds is 1. The van der Waals surface area contributed by atoms with Crippen LogP contribution in [0.3, 0.4) is 0 Å². The van der Waals surface area contributed by atoms with E-state index in [9.17, 15) is 10.2 Å². The molecular weight excluding hydrogens is 220 g/mol. The molecule has 1 aromatic heterocycles. The minimum Gasteiger partial charge on any atom is -0.389 e. The molecule has 0 bridgehead atoms. The maximum absolute atomic E-state index is 9.37. The van der Waals surface area contributed by atoms with E-state index >= 15 is 0 Å². The predicted octanol–water partition coefficient (Wildman–Crippen LogP) is -0.746. The van der Waals surface area contributed by atoms with Crippen molar-refractivity contribution in [1.82, 2.24) is 9.97 Å². The van der Waals surface area contributed by atoms with E-state index in [2.05, 4.69) is 9.97 Å². The summed E-state index contributed by atoms with van der Waals surface area (Å²) in [6, 6.07) is 1.54. The Morgan fingerprint density at radius 1 is 1.33 bits per heavy atom. The van der Waals surface area contributed by atoms with Crippen LogP contribution in [0.2, 0.25) is 5.15 Å². The van der Waals surface area contributed by atoms with Crippen molar-refractivity contribution in [2.45, 2.75) is 12.2 Å². The number of hydrogen-bond donors (Lipinski definition) is 3. The summed E-state index contributed by atoms with van der Waals surface area (Å²) in [6.45, 7) is 0.627. The zero-order valence-electron chi connectivity index (χ0n) is 7.84. The Bertz CT molecular complexity index is 345. The highest BCUT2D eigenvalue weighted by Crippen LogP contribution is 2.21. The third-order valence-corrected chi connectivity index (χ3v) is 2.48. The minimum atomic E-state index is -0.764. The number of anilines is 2. The molecule has 15 heavy (non-hydrogen) atoms. The molecule has 0 aromatic carbocycles. The summed E-state index contributed by atoms with van der Waals surface area (Å²) in [5, 5.41) is 19.0. The molecule has 0 saturated carbocycles. The molecule has 6 nitrogen and oxygen atoms in total. The van der Waals surface area contributed by atoms with E-state index in [0.29, 0.717) is 18.9 Å². The highest BCUT2D eigenvalue weighted by molar-refractivity contribution is 6.29. The molecule has 1 aliphatic heterocycles. The number of aliphatic hydroxyl groups excluding tert-OH is 2. The van der Waals surface area contributed by atoms with Crippen LogP contribution in [0.5, 0.6) is 0 Å². The van der Waals surface area contributed by atoms with Crippen molar-refractivity contribution in [1.29, 1.82) is 0 Å². The average molecular weight is 231 g/mol. The molecule has 82 valence electrons. The van der Waals surface area contributed by atoms with Crippen molar-refractivity contribution < 1.29 is 10.2 Å². The predicted molar refractivity (Wildman–Crippen MR) is 55.7 cm³/mol. The summed E-state index contributed by atoms with van der Waals surface area (Å²) < 4.78 is 0. The molecule has 0 spiro atoms. The van der Waals surface area contributed by atoms with E-state index in [0.717, 1.165) is 0 Å². The van der Waals surface area contributed by atoms with Gasteiger partial charge in [-0.25, -0.2) is 4.98 Å². The normalized spacial score (nSPS) is 25.9. The summed E-state index contributed by atoms with van der Waals surface area (Å²) in [5.74, 6) is 0.594. The van der Waals surface area contributed by atoms with Crippen LogP contribution in [0.1, 0.15) is 0 Å². The Balaban J connectivity index is 2.23. The lowest BCUT2D eigenvalue weighted by Crippen LogP contribution is -2.22. The second-order valence-corrected chi connectivity index (χ2v) is 3.83. The number of nitrogens with two attached hydrogens (primary N) is 1. The van der Waals surface area contributed by atoms with Gasteiger partial charge >= 0.3 is 0 Å². The summed E-state index contributed by atoms with van der Waals surface area (Å²) in [4.78, 5) is 9.40. The van der Waals surface area contributed by atoms with Gasteiger partial charge in [0.05, 0.1) is 12.2 Å². The standard InChI is InChI=1S/C8H11ClN4O2/c9-6-1-7(12-8(10)11-6)13-2-4(14)5(15)3-13/h1,4-5,14-15H,2-3H2,(H2,10,11,12). The molecule has 2 rings (SSSR count). The first kappa shape index (κ1) is 10.4. The van der Waals surface area contributed by atoms with Gasteiger partial charge in [-0.15, -0.1) is 0 Å². The van der Waals surface area contributed by atoms with Crippen molar-refractivity contribution in [3.63, 3.8) is 0 Å². The second-order valence-electron chi connectivity index (χ2n) is 3.45. The molecule has 4 N–H and O–H groups in total. The molecule has 0 amide bonds. The number of nitrogen functional groups attached to an aromatic ring is 1. The van der Waals surface area contributed by atoms with Gasteiger partial charge < -0.3 is 20.8 Å². The molecule has 1 saturated heterocycles. The van der Waals surface area contributed by atoms with Gasteiger partial charge in [-0.1, -0.05) is 11.6 Å². The highest BCUT2D eigenvalue weighted by Gasteiger charge is 2.30. The first-order chi connectivity index (χ1) is 7.06. The van der Waals surface area contributed by atoms with Crippen LogP contribution in [-0.4, -0.2) is 45.5 Å². The maximum Gasteiger partial charge on any atom is 0.223 e. The summed E-state index contributed by atoms with van der Waals surface area (Å²) in [5.41, 5.74) is 5.44. The topological polar surface area (TPSA) is 95.5 Å². The Morgan fingerprint density at radius 3 is 2.47 bits per heavy atom. The van der Waals surface area contributed by atoms with Crippen LogP contribution in [0.4, 0.5) is 11.8 Å². The van der Waals surface area contributed by atoms with Crippen LogP contribution < -0.4 is 10.6 Å². The number of nitrogens with zero attached hydrogens (tertiary/aromatic N) is 3. The molecule has 1 fully saturated rings. The Hall–Kier alpha value is -1.11. The molecule has 7 heteroatoms. The van der Waals surface area contributed by atoms with Gasteiger partial charge in [0.2, 0.25) is 5.95 Å². The van der Waals surface area contributed by atoms with Gasteiger partial charge in [-0.3, -0.25) is 0 Å². The van der Waals surface area contributed by atoms with E-state index in [-0.39, 0.29) is 11.1 Å². The van der Waals surface area contributed by atoms with Gasteiger partial charge in [0.25, 0.3) is 0 Å². The van der Waals surface area contributed by atoms with Gasteiger partial charge in [0.15, 0.2) is 0 Å². The average Bonchev–Trinajstić information content (AvgIpc) is 2.45. The van der Waals surface area contributed by atoms with E-state index in [4.69, 9.17) is 17.3 Å². The fourth-order valence-electron chi connectivity index (χ4n) is 1.54. The molecule has 2 heterocycles. The molecule has 2 atom stereocenters. The second kappa shape index (κ2) is 3.80. The van der Waals surface area contributed by atoms with Gasteiger partial charge in [-0.2, -0.15) is 4.98 Å². The molecule has 0 aliphatic carbocycles.